The summed E-state index contributed by atoms with van der Waals surface area (Å²) in [5, 5.41) is 4.72. The van der Waals surface area contributed by atoms with Gasteiger partial charge < -0.3 is 10.1 Å². The lowest BCUT2D eigenvalue weighted by Crippen LogP contribution is -2.31. The molecule has 0 fully saturated rings. The number of hydrogen-bond acceptors (Lipinski definition) is 2. The minimum Gasteiger partial charge on any atom is -0.375 e. The molecule has 0 heterocycles. The van der Waals surface area contributed by atoms with E-state index in [4.69, 9.17) is 27.9 Å². The van der Waals surface area contributed by atoms with Crippen molar-refractivity contribution in [1.82, 2.24) is 5.32 Å². The highest BCUT2D eigenvalue weighted by molar-refractivity contribution is 6.36. The number of nitrogens with one attached hydrogen (secondary N) is 1. The van der Waals surface area contributed by atoms with E-state index in [1.54, 1.807) is 7.11 Å². The van der Waals surface area contributed by atoms with Crippen LogP contribution < -0.4 is 5.32 Å². The summed E-state index contributed by atoms with van der Waals surface area (Å²) in [7, 11) is 1.68. The maximum atomic E-state index is 6.28. The summed E-state index contributed by atoms with van der Waals surface area (Å²) < 4.78 is 5.52. The Morgan fingerprint density at radius 1 is 1.21 bits per heavy atom. The van der Waals surface area contributed by atoms with Crippen LogP contribution in [0.15, 0.2) is 12.1 Å². The monoisotopic (exact) mass is 303 g/mol. The van der Waals surface area contributed by atoms with Crippen molar-refractivity contribution >= 4 is 23.2 Å². The van der Waals surface area contributed by atoms with Crippen molar-refractivity contribution in [3.8, 4) is 0 Å². The summed E-state index contributed by atoms with van der Waals surface area (Å²) in [6, 6.07) is 3.83. The highest BCUT2D eigenvalue weighted by Crippen LogP contribution is 2.33. The van der Waals surface area contributed by atoms with Gasteiger partial charge >= 0.3 is 0 Å². The van der Waals surface area contributed by atoms with Gasteiger partial charge in [-0.15, -0.1) is 0 Å². The maximum absolute atomic E-state index is 6.28. The molecular weight excluding hydrogens is 281 g/mol. The molecule has 108 valence electrons. The van der Waals surface area contributed by atoms with Gasteiger partial charge in [-0.3, -0.25) is 0 Å². The molecule has 1 atom stereocenters. The van der Waals surface area contributed by atoms with Gasteiger partial charge in [0.2, 0.25) is 0 Å². The Morgan fingerprint density at radius 2 is 1.74 bits per heavy atom. The normalized spacial score (nSPS) is 13.6. The molecule has 2 nitrogen and oxygen atoms in total. The van der Waals surface area contributed by atoms with Crippen LogP contribution in [0.25, 0.3) is 0 Å². The van der Waals surface area contributed by atoms with Gasteiger partial charge in [-0.25, -0.2) is 0 Å². The Bertz CT molecular complexity index is 404. The highest BCUT2D eigenvalue weighted by atomic mass is 35.5. The third-order valence-corrected chi connectivity index (χ3v) is 3.44. The average molecular weight is 304 g/mol. The first-order valence-corrected chi connectivity index (χ1v) is 7.19. The fraction of sp³-hybridized carbons (Fsp3) is 0.600. The van der Waals surface area contributed by atoms with Crippen molar-refractivity contribution in [2.45, 2.75) is 33.8 Å². The van der Waals surface area contributed by atoms with Crippen LogP contribution in [-0.4, -0.2) is 20.2 Å². The summed E-state index contributed by atoms with van der Waals surface area (Å²) >= 11 is 12.6. The zero-order valence-electron chi connectivity index (χ0n) is 12.3. The molecule has 1 aromatic carbocycles. The molecule has 0 spiro atoms. The predicted molar refractivity (Wildman–Crippen MR) is 83.3 cm³/mol. The van der Waals surface area contributed by atoms with Crippen molar-refractivity contribution in [3.63, 3.8) is 0 Å². The smallest absolute Gasteiger partial charge is 0.0974 e. The Kier molecular flexibility index (Phi) is 6.13. The van der Waals surface area contributed by atoms with Crippen LogP contribution in [0.3, 0.4) is 0 Å². The van der Waals surface area contributed by atoms with Crippen LogP contribution in [0.2, 0.25) is 10.0 Å². The summed E-state index contributed by atoms with van der Waals surface area (Å²) in [4.78, 5) is 0. The maximum Gasteiger partial charge on any atom is 0.0974 e. The summed E-state index contributed by atoms with van der Waals surface area (Å²) in [6.45, 7) is 10.1. The van der Waals surface area contributed by atoms with Gasteiger partial charge in [0.15, 0.2) is 0 Å². The third-order valence-electron chi connectivity index (χ3n) is 2.81. The summed E-state index contributed by atoms with van der Waals surface area (Å²) in [5.41, 5.74) is 2.15. The van der Waals surface area contributed by atoms with Gasteiger partial charge in [0.25, 0.3) is 0 Å². The van der Waals surface area contributed by atoms with E-state index in [1.165, 1.54) is 0 Å². The Hall–Kier alpha value is -0.280. The number of halogens is 2. The van der Waals surface area contributed by atoms with Crippen LogP contribution in [-0.2, 0) is 4.74 Å². The first kappa shape index (κ1) is 16.8. The van der Waals surface area contributed by atoms with Crippen LogP contribution in [0.4, 0.5) is 0 Å². The number of hydrogen-bond donors (Lipinski definition) is 1. The second kappa shape index (κ2) is 6.94. The standard InChI is InChI=1S/C15H23Cl2NO/c1-10-6-11(16)14(12(17)7-10)13(19-5)8-18-9-15(2,3)4/h6-7,13,18H,8-9H2,1-5H3. The van der Waals surface area contributed by atoms with Crippen molar-refractivity contribution in [1.29, 1.82) is 0 Å². The lowest BCUT2D eigenvalue weighted by molar-refractivity contribution is 0.100. The van der Waals surface area contributed by atoms with Crippen LogP contribution in [0, 0.1) is 12.3 Å². The molecule has 0 aromatic heterocycles. The SMILES string of the molecule is COC(CNCC(C)(C)C)c1c(Cl)cc(C)cc1Cl. The van der Waals surface area contributed by atoms with E-state index in [9.17, 15) is 0 Å². The molecule has 0 aliphatic carbocycles. The van der Waals surface area contributed by atoms with E-state index in [2.05, 4.69) is 26.1 Å². The largest absolute Gasteiger partial charge is 0.375 e. The predicted octanol–water partition coefficient (Wildman–Crippen LogP) is 4.63. The number of rotatable bonds is 5. The minimum atomic E-state index is -0.136. The molecule has 0 saturated heterocycles. The second-order valence-corrected chi connectivity index (χ2v) is 6.87. The number of benzene rings is 1. The molecule has 0 radical (unpaired) electrons. The van der Waals surface area contributed by atoms with Gasteiger partial charge in [-0.1, -0.05) is 44.0 Å². The number of methoxy groups -OCH3 is 1. The molecule has 0 aliphatic heterocycles. The van der Waals surface area contributed by atoms with Gasteiger partial charge in [-0.05, 0) is 30.0 Å². The van der Waals surface area contributed by atoms with E-state index in [0.717, 1.165) is 17.7 Å². The van der Waals surface area contributed by atoms with E-state index in [0.29, 0.717) is 16.6 Å². The van der Waals surface area contributed by atoms with Gasteiger partial charge in [0.05, 0.1) is 6.10 Å². The molecule has 0 amide bonds. The van der Waals surface area contributed by atoms with Crippen molar-refractivity contribution in [3.05, 3.63) is 33.3 Å². The van der Waals surface area contributed by atoms with Gasteiger partial charge in [-0.2, -0.15) is 0 Å². The quantitative estimate of drug-likeness (QED) is 0.856. The lowest BCUT2D eigenvalue weighted by atomic mass is 9.97. The van der Waals surface area contributed by atoms with Crippen LogP contribution in [0.1, 0.15) is 38.0 Å². The fourth-order valence-electron chi connectivity index (χ4n) is 1.90. The molecule has 1 N–H and O–H groups in total. The summed E-state index contributed by atoms with van der Waals surface area (Å²) in [6.07, 6.45) is -0.136. The molecule has 1 aromatic rings. The van der Waals surface area contributed by atoms with Crippen molar-refractivity contribution in [2.75, 3.05) is 20.2 Å². The minimum absolute atomic E-state index is 0.136. The highest BCUT2D eigenvalue weighted by Gasteiger charge is 2.19. The number of aryl methyl sites for hydroxylation is 1. The molecular formula is C15H23Cl2NO. The van der Waals surface area contributed by atoms with Crippen molar-refractivity contribution in [2.24, 2.45) is 5.41 Å². The summed E-state index contributed by atoms with van der Waals surface area (Å²) in [5.74, 6) is 0. The molecule has 19 heavy (non-hydrogen) atoms. The third kappa shape index (κ3) is 5.31. The Balaban J connectivity index is 2.80. The van der Waals surface area contributed by atoms with E-state index >= 15 is 0 Å². The van der Waals surface area contributed by atoms with Gasteiger partial charge in [0, 0.05) is 35.8 Å². The zero-order valence-corrected chi connectivity index (χ0v) is 13.8. The Morgan fingerprint density at radius 3 is 2.16 bits per heavy atom. The van der Waals surface area contributed by atoms with Crippen LogP contribution >= 0.6 is 23.2 Å². The molecule has 1 rings (SSSR count). The molecule has 0 bridgehead atoms. The lowest BCUT2D eigenvalue weighted by Gasteiger charge is -2.23. The first-order chi connectivity index (χ1) is 8.74. The molecule has 0 aliphatic rings. The Labute approximate surface area is 126 Å². The average Bonchev–Trinajstić information content (AvgIpc) is 2.23. The van der Waals surface area contributed by atoms with E-state index in [-0.39, 0.29) is 11.5 Å². The zero-order chi connectivity index (χ0) is 14.6. The van der Waals surface area contributed by atoms with Crippen molar-refractivity contribution < 1.29 is 4.74 Å². The molecule has 4 heteroatoms. The van der Waals surface area contributed by atoms with Gasteiger partial charge in [0.1, 0.15) is 0 Å². The number of ether oxygens (including phenoxy) is 1. The molecule has 1 unspecified atom stereocenters. The topological polar surface area (TPSA) is 21.3 Å². The van der Waals surface area contributed by atoms with Crippen LogP contribution in [0.5, 0.6) is 0 Å². The second-order valence-electron chi connectivity index (χ2n) is 6.06. The molecule has 0 saturated carbocycles. The fourth-order valence-corrected chi connectivity index (χ4v) is 2.74. The first-order valence-electron chi connectivity index (χ1n) is 6.43. The van der Waals surface area contributed by atoms with E-state index < -0.39 is 0 Å². The van der Waals surface area contributed by atoms with E-state index in [1.807, 2.05) is 19.1 Å².